The van der Waals surface area contributed by atoms with Crippen molar-refractivity contribution in [2.45, 2.75) is 12.5 Å². The van der Waals surface area contributed by atoms with E-state index in [1.807, 2.05) is 0 Å². The van der Waals surface area contributed by atoms with E-state index < -0.39 is 0 Å². The Kier molecular flexibility index (Phi) is 3.45. The van der Waals surface area contributed by atoms with E-state index in [9.17, 15) is 0 Å². The molecule has 2 aliphatic rings. The fraction of sp³-hybridized carbons (Fsp3) is 0.571. The Morgan fingerprint density at radius 3 is 2.61 bits per heavy atom. The van der Waals surface area contributed by atoms with Crippen molar-refractivity contribution in [2.24, 2.45) is 0 Å². The quantitative estimate of drug-likeness (QED) is 0.903. The van der Waals surface area contributed by atoms with Gasteiger partial charge in [0.1, 0.15) is 0 Å². The second kappa shape index (κ2) is 4.93. The molecular formula is C14H19BrN2O. The first-order valence-corrected chi connectivity index (χ1v) is 7.32. The van der Waals surface area contributed by atoms with Gasteiger partial charge in [-0.15, -0.1) is 0 Å². The van der Waals surface area contributed by atoms with Crippen LogP contribution in [0.2, 0.25) is 0 Å². The van der Waals surface area contributed by atoms with Gasteiger partial charge >= 0.3 is 0 Å². The number of benzene rings is 1. The number of hydrogen-bond donors (Lipinski definition) is 1. The van der Waals surface area contributed by atoms with Crippen LogP contribution in [0.25, 0.3) is 0 Å². The standard InChI is InChI=1S/C14H19BrN2O/c1-11-2-3-12(15)8-13(11)14(9-18-10-14)17-6-4-16-5-7-17/h2-3,8,16H,4-7,9-10H2,1H3. The van der Waals surface area contributed by atoms with Crippen LogP contribution in [0.5, 0.6) is 0 Å². The Labute approximate surface area is 117 Å². The highest BCUT2D eigenvalue weighted by molar-refractivity contribution is 9.10. The molecule has 3 rings (SSSR count). The number of hydrogen-bond acceptors (Lipinski definition) is 3. The minimum atomic E-state index is 0.107. The number of piperazine rings is 1. The summed E-state index contributed by atoms with van der Waals surface area (Å²) < 4.78 is 6.72. The average molecular weight is 311 g/mol. The predicted octanol–water partition coefficient (Wildman–Crippen LogP) is 1.89. The fourth-order valence-corrected chi connectivity index (χ4v) is 3.35. The lowest BCUT2D eigenvalue weighted by Gasteiger charge is -2.52. The molecule has 0 spiro atoms. The van der Waals surface area contributed by atoms with Gasteiger partial charge in [0.15, 0.2) is 0 Å². The maximum Gasteiger partial charge on any atom is 0.0937 e. The van der Waals surface area contributed by atoms with Crippen molar-refractivity contribution >= 4 is 15.9 Å². The Hall–Kier alpha value is -0.420. The minimum Gasteiger partial charge on any atom is -0.377 e. The van der Waals surface area contributed by atoms with Crippen molar-refractivity contribution in [3.63, 3.8) is 0 Å². The summed E-state index contributed by atoms with van der Waals surface area (Å²) in [5, 5.41) is 3.42. The molecule has 0 radical (unpaired) electrons. The van der Waals surface area contributed by atoms with Gasteiger partial charge in [-0.05, 0) is 30.2 Å². The Morgan fingerprint density at radius 2 is 2.00 bits per heavy atom. The van der Waals surface area contributed by atoms with Crippen molar-refractivity contribution in [2.75, 3.05) is 39.4 Å². The van der Waals surface area contributed by atoms with E-state index in [4.69, 9.17) is 4.74 Å². The van der Waals surface area contributed by atoms with Gasteiger partial charge in [0, 0.05) is 30.7 Å². The van der Waals surface area contributed by atoms with Crippen molar-refractivity contribution in [3.8, 4) is 0 Å². The van der Waals surface area contributed by atoms with Crippen LogP contribution >= 0.6 is 15.9 Å². The fourth-order valence-electron chi connectivity index (χ4n) is 2.99. The number of aryl methyl sites for hydroxylation is 1. The van der Waals surface area contributed by atoms with Crippen LogP contribution in [0.15, 0.2) is 22.7 Å². The van der Waals surface area contributed by atoms with Gasteiger partial charge in [0.05, 0.1) is 18.8 Å². The lowest BCUT2D eigenvalue weighted by molar-refractivity contribution is -0.149. The maximum atomic E-state index is 5.56. The van der Waals surface area contributed by atoms with E-state index in [0.29, 0.717) is 0 Å². The summed E-state index contributed by atoms with van der Waals surface area (Å²) in [5.41, 5.74) is 2.89. The molecule has 0 aromatic heterocycles. The number of nitrogens with one attached hydrogen (secondary N) is 1. The first-order valence-electron chi connectivity index (χ1n) is 6.52. The van der Waals surface area contributed by atoms with E-state index in [-0.39, 0.29) is 5.54 Å². The Morgan fingerprint density at radius 1 is 1.28 bits per heavy atom. The van der Waals surface area contributed by atoms with Crippen LogP contribution in [-0.2, 0) is 10.3 Å². The first-order chi connectivity index (χ1) is 8.72. The highest BCUT2D eigenvalue weighted by Gasteiger charge is 2.46. The van der Waals surface area contributed by atoms with Crippen LogP contribution in [0.3, 0.4) is 0 Å². The third-order valence-electron chi connectivity index (χ3n) is 4.10. The van der Waals surface area contributed by atoms with Gasteiger partial charge in [0.25, 0.3) is 0 Å². The van der Waals surface area contributed by atoms with Gasteiger partial charge in [-0.2, -0.15) is 0 Å². The summed E-state index contributed by atoms with van der Waals surface area (Å²) in [7, 11) is 0. The molecule has 1 N–H and O–H groups in total. The second-order valence-electron chi connectivity index (χ2n) is 5.22. The van der Waals surface area contributed by atoms with E-state index in [1.54, 1.807) is 0 Å². The van der Waals surface area contributed by atoms with Gasteiger partial charge in [0.2, 0.25) is 0 Å². The molecule has 2 heterocycles. The highest BCUT2D eigenvalue weighted by atomic mass is 79.9. The molecule has 2 saturated heterocycles. The Bertz CT molecular complexity index is 439. The topological polar surface area (TPSA) is 24.5 Å². The molecule has 4 heteroatoms. The molecule has 1 aromatic carbocycles. The monoisotopic (exact) mass is 310 g/mol. The molecule has 0 atom stereocenters. The van der Waals surface area contributed by atoms with Crippen molar-refractivity contribution in [1.82, 2.24) is 10.2 Å². The smallest absolute Gasteiger partial charge is 0.0937 e. The summed E-state index contributed by atoms with van der Waals surface area (Å²) in [5.74, 6) is 0. The van der Waals surface area contributed by atoms with Gasteiger partial charge in [-0.25, -0.2) is 0 Å². The lowest BCUT2D eigenvalue weighted by Crippen LogP contribution is -2.63. The zero-order valence-corrected chi connectivity index (χ0v) is 12.3. The summed E-state index contributed by atoms with van der Waals surface area (Å²) in [6.07, 6.45) is 0. The molecular weight excluding hydrogens is 292 g/mol. The van der Waals surface area contributed by atoms with E-state index in [1.165, 1.54) is 11.1 Å². The van der Waals surface area contributed by atoms with Gasteiger partial charge in [-0.3, -0.25) is 4.90 Å². The SMILES string of the molecule is Cc1ccc(Br)cc1C1(N2CCNCC2)COC1. The molecule has 18 heavy (non-hydrogen) atoms. The first kappa shape index (κ1) is 12.6. The molecule has 1 aromatic rings. The van der Waals surface area contributed by atoms with Crippen LogP contribution in [-0.4, -0.2) is 44.3 Å². The maximum absolute atomic E-state index is 5.56. The molecule has 2 aliphatic heterocycles. The molecule has 0 amide bonds. The van der Waals surface area contributed by atoms with Crippen LogP contribution in [0.4, 0.5) is 0 Å². The van der Waals surface area contributed by atoms with E-state index in [2.05, 4.69) is 51.3 Å². The van der Waals surface area contributed by atoms with Crippen molar-refractivity contribution in [3.05, 3.63) is 33.8 Å². The zero-order chi connectivity index (χ0) is 12.6. The van der Waals surface area contributed by atoms with Gasteiger partial charge < -0.3 is 10.1 Å². The number of halogens is 1. The summed E-state index contributed by atoms with van der Waals surface area (Å²) >= 11 is 3.59. The number of ether oxygens (including phenoxy) is 1. The van der Waals surface area contributed by atoms with E-state index >= 15 is 0 Å². The molecule has 2 fully saturated rings. The summed E-state index contributed by atoms with van der Waals surface area (Å²) in [6.45, 7) is 8.22. The summed E-state index contributed by atoms with van der Waals surface area (Å²) in [6, 6.07) is 6.57. The third kappa shape index (κ3) is 2.01. The molecule has 0 aliphatic carbocycles. The van der Waals surface area contributed by atoms with Crippen LogP contribution < -0.4 is 5.32 Å². The normalized spacial score (nSPS) is 23.7. The molecule has 3 nitrogen and oxygen atoms in total. The number of nitrogens with zero attached hydrogens (tertiary/aromatic N) is 1. The molecule has 98 valence electrons. The molecule has 0 saturated carbocycles. The third-order valence-corrected chi connectivity index (χ3v) is 4.60. The largest absolute Gasteiger partial charge is 0.377 e. The van der Waals surface area contributed by atoms with Crippen molar-refractivity contribution < 1.29 is 4.74 Å². The average Bonchev–Trinajstić information content (AvgIpc) is 2.34. The van der Waals surface area contributed by atoms with Crippen LogP contribution in [0, 0.1) is 6.92 Å². The lowest BCUT2D eigenvalue weighted by atomic mass is 9.83. The molecule has 0 unspecified atom stereocenters. The zero-order valence-electron chi connectivity index (χ0n) is 10.7. The Balaban J connectivity index is 1.97. The van der Waals surface area contributed by atoms with E-state index in [0.717, 1.165) is 43.9 Å². The van der Waals surface area contributed by atoms with Crippen molar-refractivity contribution in [1.29, 1.82) is 0 Å². The predicted molar refractivity (Wildman–Crippen MR) is 75.8 cm³/mol. The van der Waals surface area contributed by atoms with Gasteiger partial charge in [-0.1, -0.05) is 22.0 Å². The molecule has 0 bridgehead atoms. The number of rotatable bonds is 2. The highest BCUT2D eigenvalue weighted by Crippen LogP contribution is 2.39. The second-order valence-corrected chi connectivity index (χ2v) is 6.14. The summed E-state index contributed by atoms with van der Waals surface area (Å²) in [4.78, 5) is 2.59. The van der Waals surface area contributed by atoms with Crippen LogP contribution in [0.1, 0.15) is 11.1 Å². The minimum absolute atomic E-state index is 0.107.